The standard InChI is InChI=1S/C121H228O6/c1-7-13-19-25-31-37-43-49-55-61-67-73-79-85-91-97-103-122-116-112-120(126-107-101-95-89-83-77-71-65-59-53-47-41-35-29-23-17-11-5)118(124-105-99-93-87-81-75-69-63-57-51-45-39-33-27-21-15-9-3)110-114(116)109-115-111-119(125-106-100-94-88-82-76-70-64-58-52-46-40-34-28-22-16-10-4)121(127-108-102-96-90-84-78-72-66-60-54-48-42-36-30-24-18-12-6)113-117(115)123-104-98-92-86-80-74-68-62-56-50-44-38-32-26-20-14-8-2/h110-113H,7-109H2,1-6H3. The molecular formula is C121H228O6. The highest BCUT2D eigenvalue weighted by Gasteiger charge is 2.21. The number of unbranched alkanes of at least 4 members (excludes halogenated alkanes) is 90. The summed E-state index contributed by atoms with van der Waals surface area (Å²) in [5.74, 6) is 5.31. The van der Waals surface area contributed by atoms with Crippen molar-refractivity contribution in [1.29, 1.82) is 0 Å². The summed E-state index contributed by atoms with van der Waals surface area (Å²) in [4.78, 5) is 0. The van der Waals surface area contributed by atoms with Gasteiger partial charge in [-0.3, -0.25) is 0 Å². The Hall–Kier alpha value is -2.76. The molecule has 0 atom stereocenters. The van der Waals surface area contributed by atoms with Crippen molar-refractivity contribution in [3.63, 3.8) is 0 Å². The van der Waals surface area contributed by atoms with E-state index in [9.17, 15) is 0 Å². The summed E-state index contributed by atoms with van der Waals surface area (Å²) in [6.07, 6.45) is 131. The Labute approximate surface area is 797 Å². The molecule has 0 unspecified atom stereocenters. The molecule has 0 aliphatic carbocycles. The molecule has 2 aromatic carbocycles. The number of rotatable bonds is 110. The van der Waals surface area contributed by atoms with Crippen LogP contribution in [-0.2, 0) is 6.42 Å². The molecule has 748 valence electrons. The lowest BCUT2D eigenvalue weighted by molar-refractivity contribution is 0.252. The predicted octanol–water partition coefficient (Wildman–Crippen LogP) is 43.1. The van der Waals surface area contributed by atoms with Crippen LogP contribution in [0.4, 0.5) is 0 Å². The van der Waals surface area contributed by atoms with Crippen LogP contribution in [0.5, 0.6) is 34.5 Å². The first kappa shape index (κ1) is 120. The molecule has 0 saturated carbocycles. The van der Waals surface area contributed by atoms with Gasteiger partial charge in [0.25, 0.3) is 0 Å². The lowest BCUT2D eigenvalue weighted by Gasteiger charge is -2.21. The quantitative estimate of drug-likeness (QED) is 0.0615. The van der Waals surface area contributed by atoms with Gasteiger partial charge < -0.3 is 28.4 Å². The summed E-state index contributed by atoms with van der Waals surface area (Å²) in [7, 11) is 0. The minimum Gasteiger partial charge on any atom is -0.493 e. The van der Waals surface area contributed by atoms with Crippen molar-refractivity contribution < 1.29 is 28.4 Å². The van der Waals surface area contributed by atoms with Crippen LogP contribution in [0, 0.1) is 0 Å². The van der Waals surface area contributed by atoms with Gasteiger partial charge in [-0.1, -0.05) is 619 Å². The lowest BCUT2D eigenvalue weighted by Crippen LogP contribution is -2.08. The second kappa shape index (κ2) is 102. The smallest absolute Gasteiger partial charge is 0.164 e. The van der Waals surface area contributed by atoms with Crippen LogP contribution in [0.25, 0.3) is 0 Å². The maximum absolute atomic E-state index is 7.17. The van der Waals surface area contributed by atoms with Crippen molar-refractivity contribution in [1.82, 2.24) is 0 Å². The first-order valence-corrected chi connectivity index (χ1v) is 59.2. The van der Waals surface area contributed by atoms with Gasteiger partial charge >= 0.3 is 0 Å². The monoisotopic (exact) mass is 1780 g/mol. The zero-order valence-electron chi connectivity index (χ0n) is 87.6. The third kappa shape index (κ3) is 83.6. The van der Waals surface area contributed by atoms with Gasteiger partial charge in [-0.15, -0.1) is 0 Å². The fraction of sp³-hybridized carbons (Fsp3) is 0.901. The van der Waals surface area contributed by atoms with Crippen molar-refractivity contribution in [2.45, 2.75) is 664 Å². The van der Waals surface area contributed by atoms with Crippen LogP contribution in [0.3, 0.4) is 0 Å². The molecule has 0 saturated heterocycles. The molecule has 0 bridgehead atoms. The maximum Gasteiger partial charge on any atom is 0.164 e. The minimum absolute atomic E-state index is 0.645. The van der Waals surface area contributed by atoms with Crippen LogP contribution in [0.1, 0.15) is 669 Å². The van der Waals surface area contributed by atoms with Gasteiger partial charge in [0, 0.05) is 29.7 Å². The van der Waals surface area contributed by atoms with Crippen molar-refractivity contribution in [2.24, 2.45) is 0 Å². The number of ether oxygens (including phenoxy) is 6. The molecule has 0 aliphatic rings. The number of hydrogen-bond donors (Lipinski definition) is 0. The SMILES string of the molecule is CCCCCCCCCCCCCCCCCCOc1cc(OCCCCCCCCCCCCCCCCCC)c(OCCCCCCCCCCCCCCCCCC)cc1Cc1cc(OCCCCCCCCCCCCCCCCCC)c(OCCCCCCCCCCCCCCCCCC)cc1OCCCCCCCCCCCCCCCCCC. The molecule has 6 heteroatoms. The molecular weight excluding hydrogens is 1550 g/mol. The molecule has 0 spiro atoms. The van der Waals surface area contributed by atoms with Crippen molar-refractivity contribution >= 4 is 0 Å². The first-order valence-electron chi connectivity index (χ1n) is 59.2. The summed E-state index contributed by atoms with van der Waals surface area (Å²) < 4.78 is 42.4. The Morgan fingerprint density at radius 1 is 0.110 bits per heavy atom. The van der Waals surface area contributed by atoms with Gasteiger partial charge in [0.1, 0.15) is 11.5 Å². The van der Waals surface area contributed by atoms with Crippen molar-refractivity contribution in [3.05, 3.63) is 35.4 Å². The second-order valence-corrected chi connectivity index (χ2v) is 40.9. The normalized spacial score (nSPS) is 11.6. The summed E-state index contributed by atoms with van der Waals surface area (Å²) >= 11 is 0. The van der Waals surface area contributed by atoms with Crippen LogP contribution < -0.4 is 28.4 Å². The van der Waals surface area contributed by atoms with E-state index in [1.807, 2.05) is 0 Å². The van der Waals surface area contributed by atoms with Gasteiger partial charge in [0.15, 0.2) is 23.0 Å². The summed E-state index contributed by atoms with van der Waals surface area (Å²) in [5.41, 5.74) is 2.29. The van der Waals surface area contributed by atoms with E-state index in [2.05, 4.69) is 65.8 Å². The highest BCUT2D eigenvalue weighted by Crippen LogP contribution is 2.42. The van der Waals surface area contributed by atoms with E-state index in [1.165, 1.54) is 578 Å². The topological polar surface area (TPSA) is 55.4 Å². The molecule has 127 heavy (non-hydrogen) atoms. The van der Waals surface area contributed by atoms with E-state index < -0.39 is 0 Å². The van der Waals surface area contributed by atoms with Crippen LogP contribution in [0.2, 0.25) is 0 Å². The van der Waals surface area contributed by atoms with E-state index in [0.717, 1.165) is 84.1 Å². The fourth-order valence-electron chi connectivity index (χ4n) is 19.4. The van der Waals surface area contributed by atoms with Crippen molar-refractivity contribution in [3.8, 4) is 34.5 Å². The third-order valence-electron chi connectivity index (χ3n) is 28.2. The molecule has 0 N–H and O–H groups in total. The zero-order valence-corrected chi connectivity index (χ0v) is 87.6. The van der Waals surface area contributed by atoms with Crippen LogP contribution in [0.15, 0.2) is 24.3 Å². The van der Waals surface area contributed by atoms with E-state index in [1.54, 1.807) is 0 Å². The van der Waals surface area contributed by atoms with Gasteiger partial charge in [-0.25, -0.2) is 0 Å². The van der Waals surface area contributed by atoms with Gasteiger partial charge in [-0.2, -0.15) is 0 Å². The molecule has 0 amide bonds. The average molecular weight is 1780 g/mol. The third-order valence-corrected chi connectivity index (χ3v) is 28.2. The van der Waals surface area contributed by atoms with Gasteiger partial charge in [0.2, 0.25) is 0 Å². The van der Waals surface area contributed by atoms with Crippen molar-refractivity contribution in [2.75, 3.05) is 39.6 Å². The first-order chi connectivity index (χ1) is 63.1. The lowest BCUT2D eigenvalue weighted by atomic mass is 10.0. The van der Waals surface area contributed by atoms with Crippen LogP contribution >= 0.6 is 0 Å². The summed E-state index contributed by atoms with van der Waals surface area (Å²) in [6, 6.07) is 9.16. The van der Waals surface area contributed by atoms with E-state index in [-0.39, 0.29) is 0 Å². The van der Waals surface area contributed by atoms with E-state index in [4.69, 9.17) is 28.4 Å². The minimum atomic E-state index is 0.645. The predicted molar refractivity (Wildman–Crippen MR) is 566 cm³/mol. The Balaban J connectivity index is 2.52. The molecule has 0 aliphatic heterocycles. The zero-order chi connectivity index (χ0) is 90.5. The molecule has 2 rings (SSSR count). The number of hydrogen-bond acceptors (Lipinski definition) is 6. The van der Waals surface area contributed by atoms with E-state index in [0.29, 0.717) is 46.1 Å². The molecule has 2 aromatic rings. The van der Waals surface area contributed by atoms with Crippen LogP contribution in [-0.4, -0.2) is 39.6 Å². The number of benzene rings is 2. The van der Waals surface area contributed by atoms with Gasteiger partial charge in [0.05, 0.1) is 39.6 Å². The largest absolute Gasteiger partial charge is 0.493 e. The van der Waals surface area contributed by atoms with Gasteiger partial charge in [-0.05, 0) is 50.7 Å². The molecule has 0 heterocycles. The average Bonchev–Trinajstić information content (AvgIpc) is 0.797. The highest BCUT2D eigenvalue weighted by atomic mass is 16.5. The summed E-state index contributed by atoms with van der Waals surface area (Å²) in [6.45, 7) is 18.1. The Morgan fingerprint density at radius 2 is 0.205 bits per heavy atom. The molecule has 0 aromatic heterocycles. The summed E-state index contributed by atoms with van der Waals surface area (Å²) in [5, 5.41) is 0. The fourth-order valence-corrected chi connectivity index (χ4v) is 19.4. The molecule has 6 nitrogen and oxygen atoms in total. The van der Waals surface area contributed by atoms with E-state index >= 15 is 0 Å². The molecule has 0 radical (unpaired) electrons. The maximum atomic E-state index is 7.17. The Bertz CT molecular complexity index is 2250. The molecule has 0 fully saturated rings. The Kier molecular flexibility index (Phi) is 96.8. The highest BCUT2D eigenvalue weighted by molar-refractivity contribution is 5.56. The Morgan fingerprint density at radius 3 is 0.323 bits per heavy atom. The second-order valence-electron chi connectivity index (χ2n) is 40.9.